The summed E-state index contributed by atoms with van der Waals surface area (Å²) in [5.41, 5.74) is 2.30. The predicted molar refractivity (Wildman–Crippen MR) is 93.1 cm³/mol. The van der Waals surface area contributed by atoms with Gasteiger partial charge in [-0.2, -0.15) is 0 Å². The summed E-state index contributed by atoms with van der Waals surface area (Å²) >= 11 is 0. The Morgan fingerprint density at radius 3 is 1.95 bits per heavy atom. The van der Waals surface area contributed by atoms with Crippen LogP contribution in [0, 0.1) is 12.8 Å². The first-order valence-corrected chi connectivity index (χ1v) is 6.96. The Morgan fingerprint density at radius 1 is 1.05 bits per heavy atom. The zero-order valence-corrected chi connectivity index (χ0v) is 14.5. The van der Waals surface area contributed by atoms with E-state index >= 15 is 0 Å². The van der Waals surface area contributed by atoms with Gasteiger partial charge in [-0.05, 0) is 46.8 Å². The lowest BCUT2D eigenvalue weighted by atomic mass is 10.0. The first kappa shape index (κ1) is 19.8. The zero-order valence-electron chi connectivity index (χ0n) is 13.7. The van der Waals surface area contributed by atoms with Gasteiger partial charge in [0.25, 0.3) is 0 Å². The molecule has 0 amide bonds. The number of halogens is 1. The fourth-order valence-corrected chi connectivity index (χ4v) is 2.11. The van der Waals surface area contributed by atoms with Crippen LogP contribution < -0.4 is 0 Å². The lowest BCUT2D eigenvalue weighted by molar-refractivity contribution is -0.119. The van der Waals surface area contributed by atoms with Gasteiger partial charge in [0.1, 0.15) is 0 Å². The van der Waals surface area contributed by atoms with Crippen molar-refractivity contribution in [1.29, 1.82) is 0 Å². The standard InChI is InChI=1S/C17H26N2O.ClH/c1-14-6-8-15(9-7-14)10-11-17(20)16(12-18(2)3)13-19(4)5;/h6-11,16H,12-13H2,1-5H3;1H/b11-10+;. The van der Waals surface area contributed by atoms with E-state index in [-0.39, 0.29) is 24.1 Å². The summed E-state index contributed by atoms with van der Waals surface area (Å²) in [6.07, 6.45) is 3.61. The highest BCUT2D eigenvalue weighted by molar-refractivity contribution is 5.95. The second kappa shape index (κ2) is 9.72. The number of carbonyl (C=O) groups is 1. The Bertz CT molecular complexity index is 442. The van der Waals surface area contributed by atoms with Gasteiger partial charge in [0, 0.05) is 19.0 Å². The number of hydrogen-bond donors (Lipinski definition) is 0. The predicted octanol–water partition coefficient (Wildman–Crippen LogP) is 2.74. The SMILES string of the molecule is Cc1ccc(/C=C/C(=O)C(CN(C)C)CN(C)C)cc1.Cl. The maximum absolute atomic E-state index is 12.3. The average molecular weight is 311 g/mol. The quantitative estimate of drug-likeness (QED) is 0.724. The van der Waals surface area contributed by atoms with Crippen molar-refractivity contribution in [1.82, 2.24) is 9.80 Å². The van der Waals surface area contributed by atoms with Crippen molar-refractivity contribution < 1.29 is 4.79 Å². The molecule has 0 heterocycles. The van der Waals surface area contributed by atoms with Crippen molar-refractivity contribution in [2.45, 2.75) is 6.92 Å². The van der Waals surface area contributed by atoms with E-state index in [1.165, 1.54) is 5.56 Å². The number of benzene rings is 1. The number of carbonyl (C=O) groups excluding carboxylic acids is 1. The molecule has 0 saturated carbocycles. The van der Waals surface area contributed by atoms with Crippen LogP contribution in [-0.4, -0.2) is 56.9 Å². The van der Waals surface area contributed by atoms with Crippen LogP contribution in [0.4, 0.5) is 0 Å². The summed E-state index contributed by atoms with van der Waals surface area (Å²) in [7, 11) is 8.00. The summed E-state index contributed by atoms with van der Waals surface area (Å²) < 4.78 is 0. The highest BCUT2D eigenvalue weighted by Gasteiger charge is 2.17. The Balaban J connectivity index is 0.00000400. The molecule has 0 bridgehead atoms. The smallest absolute Gasteiger partial charge is 0.161 e. The number of nitrogens with zero attached hydrogens (tertiary/aromatic N) is 2. The molecule has 0 aliphatic carbocycles. The van der Waals surface area contributed by atoms with E-state index in [1.807, 2.05) is 46.4 Å². The summed E-state index contributed by atoms with van der Waals surface area (Å²) in [4.78, 5) is 16.4. The van der Waals surface area contributed by atoms with E-state index in [2.05, 4.69) is 28.9 Å². The molecule has 21 heavy (non-hydrogen) atoms. The van der Waals surface area contributed by atoms with Crippen molar-refractivity contribution in [3.8, 4) is 0 Å². The molecule has 1 aromatic carbocycles. The lowest BCUT2D eigenvalue weighted by Gasteiger charge is -2.22. The third-order valence-electron chi connectivity index (χ3n) is 3.09. The largest absolute Gasteiger partial charge is 0.309 e. The molecule has 0 spiro atoms. The van der Waals surface area contributed by atoms with Gasteiger partial charge < -0.3 is 9.80 Å². The molecule has 0 aliphatic rings. The lowest BCUT2D eigenvalue weighted by Crippen LogP contribution is -2.34. The molecule has 0 aliphatic heterocycles. The van der Waals surface area contributed by atoms with Crippen LogP contribution in [0.15, 0.2) is 30.3 Å². The number of aryl methyl sites for hydroxylation is 1. The minimum absolute atomic E-state index is 0. The maximum Gasteiger partial charge on any atom is 0.161 e. The Labute approximate surface area is 135 Å². The molecule has 0 saturated heterocycles. The summed E-state index contributed by atoms with van der Waals surface area (Å²) in [6, 6.07) is 8.18. The average Bonchev–Trinajstić information content (AvgIpc) is 2.36. The van der Waals surface area contributed by atoms with Crippen LogP contribution in [0.2, 0.25) is 0 Å². The molecule has 0 fully saturated rings. The second-order valence-electron chi connectivity index (χ2n) is 5.87. The van der Waals surface area contributed by atoms with Crippen molar-refractivity contribution in [2.75, 3.05) is 41.3 Å². The van der Waals surface area contributed by atoms with Crippen LogP contribution in [0.3, 0.4) is 0 Å². The summed E-state index contributed by atoms with van der Waals surface area (Å²) in [6.45, 7) is 3.60. The van der Waals surface area contributed by atoms with E-state index in [4.69, 9.17) is 0 Å². The van der Waals surface area contributed by atoms with Crippen LogP contribution in [0.25, 0.3) is 6.08 Å². The van der Waals surface area contributed by atoms with E-state index in [0.717, 1.165) is 18.7 Å². The van der Waals surface area contributed by atoms with E-state index < -0.39 is 0 Å². The molecule has 1 rings (SSSR count). The van der Waals surface area contributed by atoms with Crippen molar-refractivity contribution in [2.24, 2.45) is 5.92 Å². The first-order valence-electron chi connectivity index (χ1n) is 6.96. The van der Waals surface area contributed by atoms with Crippen LogP contribution >= 0.6 is 12.4 Å². The van der Waals surface area contributed by atoms with Gasteiger partial charge in [0.05, 0.1) is 0 Å². The van der Waals surface area contributed by atoms with Crippen molar-refractivity contribution in [3.05, 3.63) is 41.5 Å². The first-order chi connectivity index (χ1) is 9.38. The maximum atomic E-state index is 12.3. The molecule has 3 nitrogen and oxygen atoms in total. The highest BCUT2D eigenvalue weighted by atomic mass is 35.5. The van der Waals surface area contributed by atoms with E-state index in [1.54, 1.807) is 6.08 Å². The van der Waals surface area contributed by atoms with Gasteiger partial charge in [0.2, 0.25) is 0 Å². The van der Waals surface area contributed by atoms with Gasteiger partial charge in [-0.15, -0.1) is 12.4 Å². The molecule has 0 atom stereocenters. The number of allylic oxidation sites excluding steroid dienone is 1. The fraction of sp³-hybridized carbons (Fsp3) is 0.471. The molecular weight excluding hydrogens is 284 g/mol. The number of hydrogen-bond acceptors (Lipinski definition) is 3. The summed E-state index contributed by atoms with van der Waals surface area (Å²) in [5, 5.41) is 0. The minimum atomic E-state index is 0. The molecule has 0 aromatic heterocycles. The Morgan fingerprint density at radius 2 is 1.52 bits per heavy atom. The third-order valence-corrected chi connectivity index (χ3v) is 3.09. The van der Waals surface area contributed by atoms with E-state index in [9.17, 15) is 4.79 Å². The topological polar surface area (TPSA) is 23.6 Å². The van der Waals surface area contributed by atoms with Gasteiger partial charge in [0.15, 0.2) is 5.78 Å². The Kier molecular flexibility index (Phi) is 9.18. The van der Waals surface area contributed by atoms with Crippen LogP contribution in [-0.2, 0) is 4.79 Å². The van der Waals surface area contributed by atoms with Crippen molar-refractivity contribution in [3.63, 3.8) is 0 Å². The van der Waals surface area contributed by atoms with Gasteiger partial charge in [-0.1, -0.05) is 35.9 Å². The van der Waals surface area contributed by atoms with Crippen molar-refractivity contribution >= 4 is 24.3 Å². The zero-order chi connectivity index (χ0) is 15.1. The molecular formula is C17H27ClN2O. The second-order valence-corrected chi connectivity index (χ2v) is 5.87. The number of rotatable bonds is 7. The molecule has 0 unspecified atom stereocenters. The normalized spacial score (nSPS) is 11.4. The van der Waals surface area contributed by atoms with Gasteiger partial charge in [-0.3, -0.25) is 4.79 Å². The van der Waals surface area contributed by atoms with Gasteiger partial charge >= 0.3 is 0 Å². The Hall–Kier alpha value is -1.16. The van der Waals surface area contributed by atoms with Gasteiger partial charge in [-0.25, -0.2) is 0 Å². The minimum Gasteiger partial charge on any atom is -0.309 e. The molecule has 4 heteroatoms. The summed E-state index contributed by atoms with van der Waals surface area (Å²) in [5.74, 6) is 0.203. The fourth-order valence-electron chi connectivity index (χ4n) is 2.11. The third kappa shape index (κ3) is 8.00. The monoisotopic (exact) mass is 310 g/mol. The molecule has 118 valence electrons. The van der Waals surface area contributed by atoms with Crippen LogP contribution in [0.1, 0.15) is 11.1 Å². The van der Waals surface area contributed by atoms with E-state index in [0.29, 0.717) is 0 Å². The van der Waals surface area contributed by atoms with Crippen LogP contribution in [0.5, 0.6) is 0 Å². The molecule has 1 aromatic rings. The number of ketones is 1. The molecule has 0 N–H and O–H groups in total. The highest BCUT2D eigenvalue weighted by Crippen LogP contribution is 2.08. The molecule has 0 radical (unpaired) electrons.